The van der Waals surface area contributed by atoms with Crippen molar-refractivity contribution in [1.82, 2.24) is 0 Å². The highest BCUT2D eigenvalue weighted by atomic mass is 79.9. The highest BCUT2D eigenvalue weighted by molar-refractivity contribution is 9.10. The van der Waals surface area contributed by atoms with Crippen LogP contribution in [0.5, 0.6) is 11.5 Å². The number of aryl methyl sites for hydroxylation is 1. The second-order valence-corrected chi connectivity index (χ2v) is 8.50. The third-order valence-electron chi connectivity index (χ3n) is 4.42. The van der Waals surface area contributed by atoms with Crippen molar-refractivity contribution in [2.24, 2.45) is 0 Å². The van der Waals surface area contributed by atoms with Crippen LogP contribution in [0.1, 0.15) is 16.7 Å². The summed E-state index contributed by atoms with van der Waals surface area (Å²) in [7, 11) is 1.61. The quantitative estimate of drug-likeness (QED) is 0.347. The van der Waals surface area contributed by atoms with Gasteiger partial charge >= 0.3 is 0 Å². The zero-order valence-electron chi connectivity index (χ0n) is 15.9. The van der Waals surface area contributed by atoms with Crippen LogP contribution < -0.4 is 14.8 Å². The first kappa shape index (κ1) is 22.1. The Bertz CT molecular complexity index is 1030. The van der Waals surface area contributed by atoms with E-state index in [1.165, 1.54) is 0 Å². The normalized spacial score (nSPS) is 10.7. The van der Waals surface area contributed by atoms with Crippen LogP contribution in [-0.4, -0.2) is 7.11 Å². The molecule has 3 nitrogen and oxygen atoms in total. The lowest BCUT2D eigenvalue weighted by Crippen LogP contribution is -2.06. The summed E-state index contributed by atoms with van der Waals surface area (Å²) in [5.41, 5.74) is 3.71. The molecule has 1 N–H and O–H groups in total. The molecule has 0 radical (unpaired) electrons. The van der Waals surface area contributed by atoms with Gasteiger partial charge in [0.25, 0.3) is 0 Å². The van der Waals surface area contributed by atoms with Crippen LogP contribution in [-0.2, 0) is 13.2 Å². The summed E-state index contributed by atoms with van der Waals surface area (Å²) in [6, 6.07) is 15.0. The predicted molar refractivity (Wildman–Crippen MR) is 125 cm³/mol. The van der Waals surface area contributed by atoms with Crippen molar-refractivity contribution in [2.75, 3.05) is 12.4 Å². The van der Waals surface area contributed by atoms with Crippen LogP contribution in [0.3, 0.4) is 0 Å². The van der Waals surface area contributed by atoms with E-state index in [9.17, 15) is 0 Å². The van der Waals surface area contributed by atoms with Crippen LogP contribution >= 0.6 is 50.7 Å². The molecule has 0 aromatic heterocycles. The maximum absolute atomic E-state index is 6.28. The fourth-order valence-corrected chi connectivity index (χ4v) is 3.84. The molecule has 3 aromatic rings. The van der Waals surface area contributed by atoms with Gasteiger partial charge in [0.1, 0.15) is 6.61 Å². The molecule has 0 amide bonds. The Labute approximate surface area is 194 Å². The summed E-state index contributed by atoms with van der Waals surface area (Å²) in [6.45, 7) is 2.77. The van der Waals surface area contributed by atoms with Gasteiger partial charge in [-0.05, 0) is 48.9 Å². The van der Waals surface area contributed by atoms with Crippen LogP contribution in [0.4, 0.5) is 5.69 Å². The number of nitrogens with one attached hydrogen (secondary N) is 1. The van der Waals surface area contributed by atoms with Gasteiger partial charge in [0, 0.05) is 42.9 Å². The Morgan fingerprint density at radius 3 is 2.45 bits per heavy atom. The molecule has 152 valence electrons. The second-order valence-electron chi connectivity index (χ2n) is 6.40. The standard InChI is InChI=1S/C22H19BrCl3NO2/c1-13-3-6-16(10-19(13)25)27-11-17-18(23)7-8-21(28-2)22(17)29-12-14-4-5-15(24)9-20(14)26/h3-10,27H,11-12H2,1-2H3. The lowest BCUT2D eigenvalue weighted by molar-refractivity contribution is 0.281. The van der Waals surface area contributed by atoms with Gasteiger partial charge in [0.2, 0.25) is 0 Å². The molecule has 7 heteroatoms. The molecule has 0 saturated carbocycles. The highest BCUT2D eigenvalue weighted by Crippen LogP contribution is 2.38. The maximum Gasteiger partial charge on any atom is 0.167 e. The van der Waals surface area contributed by atoms with Gasteiger partial charge in [-0.1, -0.05) is 62.9 Å². The van der Waals surface area contributed by atoms with Crippen molar-refractivity contribution in [3.8, 4) is 11.5 Å². The summed E-state index contributed by atoms with van der Waals surface area (Å²) in [5.74, 6) is 1.27. The minimum atomic E-state index is 0.284. The van der Waals surface area contributed by atoms with E-state index in [1.54, 1.807) is 19.2 Å². The van der Waals surface area contributed by atoms with E-state index in [0.29, 0.717) is 33.1 Å². The summed E-state index contributed by atoms with van der Waals surface area (Å²) in [4.78, 5) is 0. The number of ether oxygens (including phenoxy) is 2. The summed E-state index contributed by atoms with van der Waals surface area (Å²) >= 11 is 22.1. The second kappa shape index (κ2) is 9.94. The molecule has 0 atom stereocenters. The van der Waals surface area contributed by atoms with E-state index in [0.717, 1.165) is 26.9 Å². The van der Waals surface area contributed by atoms with Gasteiger partial charge in [0.05, 0.1) is 7.11 Å². The van der Waals surface area contributed by atoms with Crippen molar-refractivity contribution in [2.45, 2.75) is 20.1 Å². The largest absolute Gasteiger partial charge is 0.493 e. The number of halogens is 4. The molecule has 0 fully saturated rings. The molecule has 0 spiro atoms. The molecule has 0 aliphatic heterocycles. The molecular formula is C22H19BrCl3NO2. The average molecular weight is 516 g/mol. The molecule has 0 saturated heterocycles. The van der Waals surface area contributed by atoms with Crippen molar-refractivity contribution in [3.05, 3.63) is 84.8 Å². The lowest BCUT2D eigenvalue weighted by Gasteiger charge is -2.18. The average Bonchev–Trinajstić information content (AvgIpc) is 2.69. The van der Waals surface area contributed by atoms with Crippen molar-refractivity contribution in [1.29, 1.82) is 0 Å². The van der Waals surface area contributed by atoms with Crippen molar-refractivity contribution in [3.63, 3.8) is 0 Å². The molecule has 0 bridgehead atoms. The van der Waals surface area contributed by atoms with E-state index in [2.05, 4.69) is 21.2 Å². The van der Waals surface area contributed by atoms with Gasteiger partial charge in [0.15, 0.2) is 11.5 Å². The van der Waals surface area contributed by atoms with Gasteiger partial charge in [-0.25, -0.2) is 0 Å². The number of rotatable bonds is 7. The van der Waals surface area contributed by atoms with E-state index in [-0.39, 0.29) is 6.61 Å². The SMILES string of the molecule is COc1ccc(Br)c(CNc2ccc(C)c(Cl)c2)c1OCc1ccc(Cl)cc1Cl. The maximum atomic E-state index is 6.28. The smallest absolute Gasteiger partial charge is 0.167 e. The number of methoxy groups -OCH3 is 1. The number of benzene rings is 3. The van der Waals surface area contributed by atoms with Crippen LogP contribution in [0.25, 0.3) is 0 Å². The van der Waals surface area contributed by atoms with Crippen LogP contribution in [0.15, 0.2) is 53.0 Å². The summed E-state index contributed by atoms with van der Waals surface area (Å²) in [6.07, 6.45) is 0. The van der Waals surface area contributed by atoms with Crippen molar-refractivity contribution >= 4 is 56.4 Å². The van der Waals surface area contributed by atoms with Gasteiger partial charge in [-0.15, -0.1) is 0 Å². The molecule has 3 aromatic carbocycles. The third kappa shape index (κ3) is 5.52. The summed E-state index contributed by atoms with van der Waals surface area (Å²) in [5, 5.41) is 5.24. The molecule has 3 rings (SSSR count). The third-order valence-corrected chi connectivity index (χ3v) is 6.15. The Kier molecular flexibility index (Phi) is 7.58. The fraction of sp³-hybridized carbons (Fsp3) is 0.182. The fourth-order valence-electron chi connectivity index (χ4n) is 2.75. The Balaban J connectivity index is 1.85. The summed E-state index contributed by atoms with van der Waals surface area (Å²) < 4.78 is 12.6. The van der Waals surface area contributed by atoms with Gasteiger partial charge < -0.3 is 14.8 Å². The highest BCUT2D eigenvalue weighted by Gasteiger charge is 2.16. The van der Waals surface area contributed by atoms with Crippen LogP contribution in [0, 0.1) is 6.92 Å². The molecule has 0 aliphatic carbocycles. The minimum Gasteiger partial charge on any atom is -0.493 e. The van der Waals surface area contributed by atoms with E-state index in [1.807, 2.05) is 43.3 Å². The predicted octanol–water partition coefficient (Wildman–Crippen LogP) is 7.92. The van der Waals surface area contributed by atoms with E-state index in [4.69, 9.17) is 44.3 Å². The number of hydrogen-bond donors (Lipinski definition) is 1. The lowest BCUT2D eigenvalue weighted by atomic mass is 10.1. The van der Waals surface area contributed by atoms with Crippen LogP contribution in [0.2, 0.25) is 15.1 Å². The topological polar surface area (TPSA) is 30.5 Å². The first-order chi connectivity index (χ1) is 13.9. The Morgan fingerprint density at radius 2 is 1.76 bits per heavy atom. The Hall–Kier alpha value is -1.59. The molecule has 29 heavy (non-hydrogen) atoms. The molecule has 0 aliphatic rings. The van der Waals surface area contributed by atoms with Gasteiger partial charge in [-0.2, -0.15) is 0 Å². The minimum absolute atomic E-state index is 0.284. The van der Waals surface area contributed by atoms with E-state index < -0.39 is 0 Å². The zero-order valence-corrected chi connectivity index (χ0v) is 19.7. The zero-order chi connectivity index (χ0) is 21.0. The van der Waals surface area contributed by atoms with Crippen molar-refractivity contribution < 1.29 is 9.47 Å². The first-order valence-electron chi connectivity index (χ1n) is 8.81. The van der Waals surface area contributed by atoms with Gasteiger partial charge in [-0.3, -0.25) is 0 Å². The first-order valence-corrected chi connectivity index (χ1v) is 10.7. The molecular weight excluding hydrogens is 497 g/mol. The Morgan fingerprint density at radius 1 is 0.966 bits per heavy atom. The monoisotopic (exact) mass is 513 g/mol. The number of anilines is 1. The molecule has 0 unspecified atom stereocenters. The number of hydrogen-bond acceptors (Lipinski definition) is 3. The van der Waals surface area contributed by atoms with E-state index >= 15 is 0 Å². The molecule has 0 heterocycles.